The molecule has 4 aliphatic rings. The molecule has 3 aliphatic heterocycles. The summed E-state index contributed by atoms with van der Waals surface area (Å²) in [4.78, 5) is 42.7. The first kappa shape index (κ1) is 40.5. The molecule has 294 valence electrons. The Morgan fingerprint density at radius 1 is 0.981 bits per heavy atom. The molecule has 0 radical (unpaired) electrons. The van der Waals surface area contributed by atoms with E-state index in [0.717, 1.165) is 76.1 Å². The number of amides is 2. The number of aliphatic carboxylic acids is 1. The molecule has 14 heteroatoms. The second-order valence-corrected chi connectivity index (χ2v) is 15.7. The Morgan fingerprint density at radius 3 is 2.15 bits per heavy atom. The fourth-order valence-electron chi connectivity index (χ4n) is 8.85. The molecular weight excluding hydrogens is 694 g/mol. The molecule has 4 heterocycles. The number of rotatable bonds is 8. The summed E-state index contributed by atoms with van der Waals surface area (Å²) in [5.41, 5.74) is 2.51. The summed E-state index contributed by atoms with van der Waals surface area (Å²) >= 11 is 0. The number of carbonyl (C=O) groups is 3. The van der Waals surface area contributed by atoms with Crippen LogP contribution in [0, 0.1) is 31.5 Å². The molecule has 4 fully saturated rings. The average Bonchev–Trinajstić information content (AvgIpc) is 3.42. The first-order valence-electron chi connectivity index (χ1n) is 19.2. The van der Waals surface area contributed by atoms with Crippen molar-refractivity contribution in [3.05, 3.63) is 47.0 Å². The lowest BCUT2D eigenvalue weighted by molar-refractivity contribution is -0.192. The lowest BCUT2D eigenvalue weighted by Gasteiger charge is -2.55. The van der Waals surface area contributed by atoms with Crippen molar-refractivity contribution in [2.24, 2.45) is 11.8 Å². The summed E-state index contributed by atoms with van der Waals surface area (Å²) in [7, 11) is 0. The number of unbranched alkanes of at least 4 members (excludes halogenated alkanes) is 1. The predicted molar refractivity (Wildman–Crippen MR) is 191 cm³/mol. The third kappa shape index (κ3) is 9.35. The topological polar surface area (TPSA) is 108 Å². The highest BCUT2D eigenvalue weighted by Crippen LogP contribution is 2.44. The van der Waals surface area contributed by atoms with Gasteiger partial charge in [-0.3, -0.25) is 9.69 Å². The minimum atomic E-state index is -5.08. The van der Waals surface area contributed by atoms with Crippen LogP contribution in [0.15, 0.2) is 24.3 Å². The molecule has 53 heavy (non-hydrogen) atoms. The molecule has 1 N–H and O–H groups in total. The summed E-state index contributed by atoms with van der Waals surface area (Å²) < 4.78 is 53.5. The zero-order valence-corrected chi connectivity index (χ0v) is 31.5. The molecule has 1 aliphatic carbocycles. The number of aromatic nitrogens is 2. The van der Waals surface area contributed by atoms with Crippen molar-refractivity contribution in [1.29, 1.82) is 0 Å². The smallest absolute Gasteiger partial charge is 0.475 e. The number of piperidine rings is 2. The van der Waals surface area contributed by atoms with Gasteiger partial charge in [-0.1, -0.05) is 39.0 Å². The van der Waals surface area contributed by atoms with Gasteiger partial charge in [0.15, 0.2) is 0 Å². The van der Waals surface area contributed by atoms with Crippen molar-refractivity contribution in [2.45, 2.75) is 122 Å². The average molecular weight is 750 g/mol. The number of likely N-dealkylation sites (tertiary alicyclic amines) is 2. The Bertz CT molecular complexity index is 1570. The Morgan fingerprint density at radius 2 is 1.58 bits per heavy atom. The van der Waals surface area contributed by atoms with Gasteiger partial charge in [0, 0.05) is 63.6 Å². The summed E-state index contributed by atoms with van der Waals surface area (Å²) in [6.07, 6.45) is 8.28. The molecule has 1 unspecified atom stereocenters. The van der Waals surface area contributed by atoms with Crippen molar-refractivity contribution in [1.82, 2.24) is 24.5 Å². The van der Waals surface area contributed by atoms with E-state index in [1.807, 2.05) is 18.7 Å². The molecule has 6 rings (SSSR count). The zero-order valence-electron chi connectivity index (χ0n) is 31.5. The Balaban J connectivity index is 0.000000705. The van der Waals surface area contributed by atoms with Crippen molar-refractivity contribution in [3.63, 3.8) is 0 Å². The van der Waals surface area contributed by atoms with Crippen LogP contribution in [0.4, 0.5) is 22.4 Å². The maximum Gasteiger partial charge on any atom is 0.490 e. The molecule has 1 atom stereocenters. The fourth-order valence-corrected chi connectivity index (χ4v) is 8.85. The van der Waals surface area contributed by atoms with Gasteiger partial charge < -0.3 is 19.6 Å². The standard InChI is InChI=1S/C37H54FN5O3.C2HF3O2/c1-5-6-12-30-26-41(25-29-10-8-7-9-11-29)35(45)46-37(30)19-23-42(24-20-37)36(4)17-21-40(22-18-36)34(44)33-27(2)39-43(28(33)3)32-15-13-31(38)14-16-32;3-2(4,5)1(6)7/h13-16,29-30H,5-12,17-26H2,1-4H3;(H,6,7). The highest BCUT2D eigenvalue weighted by atomic mass is 19.4. The first-order chi connectivity index (χ1) is 25.1. The van der Waals surface area contributed by atoms with Crippen LogP contribution in [0.1, 0.15) is 113 Å². The van der Waals surface area contributed by atoms with Crippen LogP contribution in [0.25, 0.3) is 5.69 Å². The summed E-state index contributed by atoms with van der Waals surface area (Å²) in [6, 6.07) is 6.20. The van der Waals surface area contributed by atoms with Crippen LogP contribution < -0.4 is 0 Å². The number of nitrogens with zero attached hydrogens (tertiary/aromatic N) is 5. The molecule has 2 aromatic rings. The monoisotopic (exact) mass is 749 g/mol. The number of benzene rings is 1. The van der Waals surface area contributed by atoms with E-state index in [0.29, 0.717) is 36.2 Å². The van der Waals surface area contributed by atoms with Gasteiger partial charge in [0.2, 0.25) is 0 Å². The summed E-state index contributed by atoms with van der Waals surface area (Å²) in [5, 5.41) is 11.8. The van der Waals surface area contributed by atoms with E-state index in [1.165, 1.54) is 50.7 Å². The number of hydrogen-bond donors (Lipinski definition) is 1. The number of halogens is 4. The minimum absolute atomic E-state index is 0.00534. The third-order valence-corrected chi connectivity index (χ3v) is 12.2. The van der Waals surface area contributed by atoms with E-state index in [2.05, 4.69) is 28.7 Å². The summed E-state index contributed by atoms with van der Waals surface area (Å²) in [5.74, 6) is -2.01. The molecule has 2 amide bonds. The van der Waals surface area contributed by atoms with E-state index in [1.54, 1.807) is 16.8 Å². The van der Waals surface area contributed by atoms with Crippen molar-refractivity contribution >= 4 is 18.0 Å². The van der Waals surface area contributed by atoms with Crippen LogP contribution in [-0.2, 0) is 9.53 Å². The highest BCUT2D eigenvalue weighted by molar-refractivity contribution is 5.96. The SMILES string of the molecule is CCCCC1CN(CC2CCCCC2)C(=O)OC12CCN(C1(C)CCN(C(=O)c3c(C)nn(-c4ccc(F)cc4)c3C)CC1)CC2.O=C(O)C(F)(F)F. The van der Waals surface area contributed by atoms with Gasteiger partial charge in [-0.15, -0.1) is 0 Å². The quantitative estimate of drug-likeness (QED) is 0.273. The molecule has 1 spiro atoms. The molecule has 3 saturated heterocycles. The van der Waals surface area contributed by atoms with E-state index < -0.39 is 12.1 Å². The normalized spacial score (nSPS) is 22.3. The van der Waals surface area contributed by atoms with Crippen LogP contribution >= 0.6 is 0 Å². The molecule has 1 aromatic heterocycles. The third-order valence-electron chi connectivity index (χ3n) is 12.2. The minimum Gasteiger partial charge on any atom is -0.475 e. The zero-order chi connectivity index (χ0) is 38.6. The van der Waals surface area contributed by atoms with Crippen molar-refractivity contribution in [2.75, 3.05) is 39.3 Å². The molecule has 10 nitrogen and oxygen atoms in total. The number of hydrogen-bond acceptors (Lipinski definition) is 6. The van der Waals surface area contributed by atoms with Gasteiger partial charge in [-0.05, 0) is 83.1 Å². The van der Waals surface area contributed by atoms with Crippen molar-refractivity contribution < 1.29 is 41.8 Å². The lowest BCUT2D eigenvalue weighted by Crippen LogP contribution is -2.63. The van der Waals surface area contributed by atoms with E-state index in [4.69, 9.17) is 14.6 Å². The van der Waals surface area contributed by atoms with E-state index in [-0.39, 0.29) is 29.0 Å². The Labute approximate surface area is 309 Å². The first-order valence-corrected chi connectivity index (χ1v) is 19.2. The van der Waals surface area contributed by atoms with Crippen molar-refractivity contribution in [3.8, 4) is 5.69 Å². The van der Waals surface area contributed by atoms with Gasteiger partial charge in [-0.2, -0.15) is 18.3 Å². The summed E-state index contributed by atoms with van der Waals surface area (Å²) in [6.45, 7) is 13.3. The van der Waals surface area contributed by atoms with Crippen LogP contribution in [-0.4, -0.2) is 104 Å². The number of carbonyl (C=O) groups excluding carboxylic acids is 2. The highest BCUT2D eigenvalue weighted by Gasteiger charge is 2.52. The fraction of sp³-hybridized carbons (Fsp3) is 0.692. The van der Waals surface area contributed by atoms with Crippen LogP contribution in [0.2, 0.25) is 0 Å². The predicted octanol–water partition coefficient (Wildman–Crippen LogP) is 7.93. The second kappa shape index (κ2) is 16.8. The number of ether oxygens (including phenoxy) is 1. The van der Waals surface area contributed by atoms with Gasteiger partial charge >= 0.3 is 18.2 Å². The van der Waals surface area contributed by atoms with E-state index in [9.17, 15) is 27.2 Å². The molecule has 0 bridgehead atoms. The Hall–Kier alpha value is -3.68. The number of carboxylic acid groups (broad SMARTS) is 1. The lowest BCUT2D eigenvalue weighted by atomic mass is 9.74. The number of aryl methyl sites for hydroxylation is 1. The van der Waals surface area contributed by atoms with Crippen LogP contribution in [0.3, 0.4) is 0 Å². The van der Waals surface area contributed by atoms with Gasteiger partial charge in [0.1, 0.15) is 11.4 Å². The van der Waals surface area contributed by atoms with Crippen LogP contribution in [0.5, 0.6) is 0 Å². The largest absolute Gasteiger partial charge is 0.490 e. The maximum absolute atomic E-state index is 13.8. The van der Waals surface area contributed by atoms with E-state index >= 15 is 0 Å². The molecule has 1 saturated carbocycles. The van der Waals surface area contributed by atoms with Gasteiger partial charge in [-0.25, -0.2) is 18.7 Å². The van der Waals surface area contributed by atoms with Gasteiger partial charge in [0.25, 0.3) is 5.91 Å². The number of alkyl halides is 3. The maximum atomic E-state index is 13.8. The molecular formula is C39H55F4N5O5. The van der Waals surface area contributed by atoms with Gasteiger partial charge in [0.05, 0.1) is 22.6 Å². The second-order valence-electron chi connectivity index (χ2n) is 15.7. The Kier molecular flexibility index (Phi) is 12.8. The molecule has 1 aromatic carbocycles. The number of carboxylic acids is 1.